The summed E-state index contributed by atoms with van der Waals surface area (Å²) in [6.07, 6.45) is -0.173. The number of Topliss-reactive ketones (excluding diaryl/α,β-unsaturated/α-hetero) is 1. The average Bonchev–Trinajstić information content (AvgIpc) is 3.08. The van der Waals surface area contributed by atoms with Gasteiger partial charge in [-0.3, -0.25) is 24.1 Å². The summed E-state index contributed by atoms with van der Waals surface area (Å²) in [6, 6.07) is 23.9. The lowest BCUT2D eigenvalue weighted by Crippen LogP contribution is -2.37. The summed E-state index contributed by atoms with van der Waals surface area (Å²) in [7, 11) is 0. The second-order valence-electron chi connectivity index (χ2n) is 8.53. The monoisotopic (exact) mass is 483 g/mol. The Balaban J connectivity index is 1.42. The van der Waals surface area contributed by atoms with Crippen molar-refractivity contribution in [1.29, 1.82) is 0 Å². The summed E-state index contributed by atoms with van der Waals surface area (Å²) in [5.74, 6) is -2.81. The predicted molar refractivity (Wildman–Crippen MR) is 132 cm³/mol. The number of carbonyl (C=O) groups excluding carboxylic acids is 5. The third-order valence-electron chi connectivity index (χ3n) is 5.95. The maximum atomic E-state index is 12.9. The first-order valence-corrected chi connectivity index (χ1v) is 11.5. The standard InChI is InChI=1S/C28H25N3O5/c1-19(21-12-6-3-7-13-21)29-25(33)24-15-9-8-14-22(24)16-23(32)18-31-27(35)26(34)30(28(31)36)17-20-10-4-2-5-11-20/h2-15,19H,16-18H2,1H3,(H,29,33). The number of hydrogen-bond acceptors (Lipinski definition) is 5. The molecule has 5 amide bonds. The fourth-order valence-electron chi connectivity index (χ4n) is 4.04. The molecule has 36 heavy (non-hydrogen) atoms. The van der Waals surface area contributed by atoms with Gasteiger partial charge in [-0.25, -0.2) is 9.69 Å². The number of benzene rings is 3. The number of hydrogen-bond donors (Lipinski definition) is 1. The number of ketones is 1. The van der Waals surface area contributed by atoms with Crippen LogP contribution in [0.3, 0.4) is 0 Å². The van der Waals surface area contributed by atoms with E-state index in [9.17, 15) is 24.0 Å². The highest BCUT2D eigenvalue weighted by atomic mass is 16.2. The number of carbonyl (C=O) groups is 5. The van der Waals surface area contributed by atoms with Crippen LogP contribution < -0.4 is 5.32 Å². The van der Waals surface area contributed by atoms with E-state index in [1.807, 2.05) is 37.3 Å². The summed E-state index contributed by atoms with van der Waals surface area (Å²) < 4.78 is 0. The topological polar surface area (TPSA) is 104 Å². The van der Waals surface area contributed by atoms with Crippen LogP contribution in [0.2, 0.25) is 0 Å². The largest absolute Gasteiger partial charge is 0.346 e. The van der Waals surface area contributed by atoms with Crippen LogP contribution in [0.5, 0.6) is 0 Å². The molecule has 1 atom stereocenters. The van der Waals surface area contributed by atoms with Crippen molar-refractivity contribution in [1.82, 2.24) is 15.1 Å². The molecule has 8 nitrogen and oxygen atoms in total. The minimum Gasteiger partial charge on any atom is -0.346 e. The van der Waals surface area contributed by atoms with E-state index in [1.165, 1.54) is 0 Å². The molecule has 1 aliphatic rings. The molecule has 3 aromatic rings. The highest BCUT2D eigenvalue weighted by molar-refractivity contribution is 6.45. The van der Waals surface area contributed by atoms with Crippen LogP contribution in [0.1, 0.15) is 40.0 Å². The quantitative estimate of drug-likeness (QED) is 0.372. The zero-order valence-electron chi connectivity index (χ0n) is 19.7. The minimum atomic E-state index is -1.04. The minimum absolute atomic E-state index is 0.0580. The number of urea groups is 1. The molecule has 0 aliphatic carbocycles. The third kappa shape index (κ3) is 5.38. The van der Waals surface area contributed by atoms with E-state index in [0.717, 1.165) is 10.5 Å². The number of amides is 5. The first-order valence-electron chi connectivity index (χ1n) is 11.5. The maximum Gasteiger partial charge on any atom is 0.334 e. The van der Waals surface area contributed by atoms with Crippen LogP contribution in [-0.4, -0.2) is 45.9 Å². The Morgan fingerprint density at radius 1 is 0.778 bits per heavy atom. The van der Waals surface area contributed by atoms with Crippen molar-refractivity contribution in [2.24, 2.45) is 0 Å². The molecule has 1 heterocycles. The second kappa shape index (κ2) is 10.8. The van der Waals surface area contributed by atoms with Crippen molar-refractivity contribution in [2.45, 2.75) is 25.9 Å². The highest BCUT2D eigenvalue weighted by Crippen LogP contribution is 2.18. The van der Waals surface area contributed by atoms with Crippen LogP contribution >= 0.6 is 0 Å². The summed E-state index contributed by atoms with van der Waals surface area (Å²) >= 11 is 0. The van der Waals surface area contributed by atoms with Gasteiger partial charge in [0.25, 0.3) is 5.91 Å². The summed E-state index contributed by atoms with van der Waals surface area (Å²) in [5.41, 5.74) is 2.42. The molecule has 3 aromatic carbocycles. The molecule has 1 fully saturated rings. The first kappa shape index (κ1) is 24.5. The molecule has 4 rings (SSSR count). The van der Waals surface area contributed by atoms with Gasteiger partial charge in [-0.15, -0.1) is 0 Å². The van der Waals surface area contributed by atoms with Crippen LogP contribution in [0.15, 0.2) is 84.9 Å². The highest BCUT2D eigenvalue weighted by Gasteiger charge is 2.45. The summed E-state index contributed by atoms with van der Waals surface area (Å²) in [4.78, 5) is 64.8. The van der Waals surface area contributed by atoms with Crippen molar-refractivity contribution in [3.8, 4) is 0 Å². The van der Waals surface area contributed by atoms with Crippen molar-refractivity contribution >= 4 is 29.5 Å². The lowest BCUT2D eigenvalue weighted by atomic mass is 10.0. The van der Waals surface area contributed by atoms with Gasteiger partial charge in [-0.05, 0) is 29.7 Å². The van der Waals surface area contributed by atoms with Gasteiger partial charge < -0.3 is 5.32 Å². The lowest BCUT2D eigenvalue weighted by Gasteiger charge is -2.17. The van der Waals surface area contributed by atoms with E-state index < -0.39 is 30.2 Å². The Morgan fingerprint density at radius 3 is 2.06 bits per heavy atom. The van der Waals surface area contributed by atoms with E-state index in [0.29, 0.717) is 21.6 Å². The smallest absolute Gasteiger partial charge is 0.334 e. The van der Waals surface area contributed by atoms with Crippen molar-refractivity contribution in [3.63, 3.8) is 0 Å². The molecule has 0 bridgehead atoms. The van der Waals surface area contributed by atoms with Gasteiger partial charge in [0.05, 0.1) is 19.1 Å². The summed E-state index contributed by atoms with van der Waals surface area (Å²) in [6.45, 7) is 1.26. The van der Waals surface area contributed by atoms with E-state index in [-0.39, 0.29) is 24.9 Å². The number of nitrogens with zero attached hydrogens (tertiary/aromatic N) is 2. The molecule has 182 valence electrons. The van der Waals surface area contributed by atoms with E-state index >= 15 is 0 Å². The van der Waals surface area contributed by atoms with E-state index in [2.05, 4.69) is 5.32 Å². The normalized spacial score (nSPS) is 14.2. The van der Waals surface area contributed by atoms with E-state index in [4.69, 9.17) is 0 Å². The van der Waals surface area contributed by atoms with Crippen molar-refractivity contribution in [2.75, 3.05) is 6.54 Å². The predicted octanol–water partition coefficient (Wildman–Crippen LogP) is 3.28. The molecular weight excluding hydrogens is 458 g/mol. The number of rotatable bonds is 9. The number of imide groups is 2. The molecule has 0 radical (unpaired) electrons. The van der Waals surface area contributed by atoms with Gasteiger partial charge in [0.15, 0.2) is 5.78 Å². The Morgan fingerprint density at radius 2 is 1.36 bits per heavy atom. The van der Waals surface area contributed by atoms with Gasteiger partial charge in [0, 0.05) is 12.0 Å². The molecule has 0 aromatic heterocycles. The zero-order chi connectivity index (χ0) is 25.7. The Kier molecular flexibility index (Phi) is 7.34. The molecule has 0 saturated carbocycles. The first-order chi connectivity index (χ1) is 17.3. The molecular formula is C28H25N3O5. The molecule has 1 unspecified atom stereocenters. The maximum absolute atomic E-state index is 12.9. The molecule has 1 N–H and O–H groups in total. The van der Waals surface area contributed by atoms with Crippen molar-refractivity contribution < 1.29 is 24.0 Å². The lowest BCUT2D eigenvalue weighted by molar-refractivity contribution is -0.144. The molecule has 1 saturated heterocycles. The van der Waals surface area contributed by atoms with Gasteiger partial charge >= 0.3 is 17.8 Å². The SMILES string of the molecule is CC(NC(=O)c1ccccc1CC(=O)CN1C(=O)C(=O)N(Cc2ccccc2)C1=O)c1ccccc1. The zero-order valence-corrected chi connectivity index (χ0v) is 19.7. The summed E-state index contributed by atoms with van der Waals surface area (Å²) in [5, 5.41) is 2.93. The van der Waals surface area contributed by atoms with Gasteiger partial charge in [-0.2, -0.15) is 0 Å². The van der Waals surface area contributed by atoms with Crippen LogP contribution in [0, 0.1) is 0 Å². The van der Waals surface area contributed by atoms with E-state index in [1.54, 1.807) is 54.6 Å². The third-order valence-corrected chi connectivity index (χ3v) is 5.95. The second-order valence-corrected chi connectivity index (χ2v) is 8.53. The van der Waals surface area contributed by atoms with Gasteiger partial charge in [0.1, 0.15) is 0 Å². The fraction of sp³-hybridized carbons (Fsp3) is 0.179. The number of nitrogens with one attached hydrogen (secondary N) is 1. The molecule has 1 aliphatic heterocycles. The fourth-order valence-corrected chi connectivity index (χ4v) is 4.04. The van der Waals surface area contributed by atoms with Crippen LogP contribution in [-0.2, 0) is 27.3 Å². The Labute approximate surface area is 208 Å². The van der Waals surface area contributed by atoms with Crippen LogP contribution in [0.25, 0.3) is 0 Å². The average molecular weight is 484 g/mol. The van der Waals surface area contributed by atoms with Gasteiger partial charge in [0.2, 0.25) is 0 Å². The Hall–Kier alpha value is -4.59. The van der Waals surface area contributed by atoms with Crippen LogP contribution in [0.4, 0.5) is 4.79 Å². The van der Waals surface area contributed by atoms with Gasteiger partial charge in [-0.1, -0.05) is 78.9 Å². The molecule has 8 heteroatoms. The van der Waals surface area contributed by atoms with Crippen molar-refractivity contribution in [3.05, 3.63) is 107 Å². The Bertz CT molecular complexity index is 1310. The molecule has 0 spiro atoms.